The molecule has 1 N–H and O–H groups in total. The second-order valence-corrected chi connectivity index (χ2v) is 3.59. The summed E-state index contributed by atoms with van der Waals surface area (Å²) >= 11 is 0. The number of aryl methyl sites for hydroxylation is 2. The molecule has 0 spiro atoms. The van der Waals surface area contributed by atoms with Gasteiger partial charge in [-0.15, -0.1) is 0 Å². The Hall–Kier alpha value is -0.880. The monoisotopic (exact) mass is 176 g/mol. The lowest BCUT2D eigenvalue weighted by atomic mass is 10.5. The van der Waals surface area contributed by atoms with Gasteiger partial charge in [0.05, 0.1) is 5.69 Å². The van der Waals surface area contributed by atoms with Gasteiger partial charge in [0, 0.05) is 13.1 Å². The maximum atomic E-state index is 10.6. The smallest absolute Gasteiger partial charge is 0.281 e. The van der Waals surface area contributed by atoms with E-state index in [9.17, 15) is 8.42 Å². The summed E-state index contributed by atoms with van der Waals surface area (Å²) in [6.07, 6.45) is 0. The highest BCUT2D eigenvalue weighted by atomic mass is 32.2. The van der Waals surface area contributed by atoms with E-state index < -0.39 is 10.1 Å². The molecule has 5 nitrogen and oxygen atoms in total. The van der Waals surface area contributed by atoms with Crippen LogP contribution in [0.2, 0.25) is 0 Å². The molecule has 0 fully saturated rings. The predicted octanol–water partition coefficient (Wildman–Crippen LogP) is -0.0248. The predicted molar refractivity (Wildman–Crippen MR) is 37.8 cm³/mol. The maximum absolute atomic E-state index is 10.6. The first-order valence-corrected chi connectivity index (χ1v) is 4.33. The zero-order valence-electron chi connectivity index (χ0n) is 6.14. The molecule has 0 aliphatic heterocycles. The Balaban J connectivity index is 3.36. The van der Waals surface area contributed by atoms with Crippen LogP contribution in [0.5, 0.6) is 0 Å². The van der Waals surface area contributed by atoms with Crippen molar-refractivity contribution in [3.63, 3.8) is 0 Å². The highest BCUT2D eigenvalue weighted by Crippen LogP contribution is 2.07. The molecule has 0 aliphatic carbocycles. The van der Waals surface area contributed by atoms with Crippen LogP contribution in [0, 0.1) is 6.92 Å². The van der Waals surface area contributed by atoms with Crippen molar-refractivity contribution in [3.8, 4) is 0 Å². The van der Waals surface area contributed by atoms with E-state index >= 15 is 0 Å². The molecule has 6 heteroatoms. The summed E-state index contributed by atoms with van der Waals surface area (Å²) in [4.78, 5) is 0. The third-order valence-electron chi connectivity index (χ3n) is 1.22. The lowest BCUT2D eigenvalue weighted by Crippen LogP contribution is -2.05. The fraction of sp³-hybridized carbons (Fsp3) is 0.400. The largest absolute Gasteiger partial charge is 0.311 e. The molecule has 0 atom stereocenters. The van der Waals surface area contributed by atoms with Crippen LogP contribution in [0.15, 0.2) is 11.1 Å². The molecule has 0 unspecified atom stereocenters. The Morgan fingerprint density at radius 2 is 2.18 bits per heavy atom. The Morgan fingerprint density at radius 3 is 2.36 bits per heavy atom. The highest BCUT2D eigenvalue weighted by molar-refractivity contribution is 7.85. The van der Waals surface area contributed by atoms with Gasteiger partial charge in [-0.25, -0.2) is 0 Å². The van der Waals surface area contributed by atoms with Crippen LogP contribution in [0.4, 0.5) is 0 Å². The van der Waals surface area contributed by atoms with Crippen molar-refractivity contribution in [1.82, 2.24) is 9.78 Å². The van der Waals surface area contributed by atoms with Gasteiger partial charge in [-0.2, -0.15) is 13.5 Å². The van der Waals surface area contributed by atoms with Crippen LogP contribution in [-0.2, 0) is 17.2 Å². The molecule has 0 bridgehead atoms. The molecule has 0 radical (unpaired) electrons. The first-order chi connectivity index (χ1) is 4.91. The SMILES string of the molecule is Cc1cc(S(=O)(=O)O)n(C)n1. The summed E-state index contributed by atoms with van der Waals surface area (Å²) in [5.41, 5.74) is 0.556. The Kier molecular flexibility index (Phi) is 1.73. The summed E-state index contributed by atoms with van der Waals surface area (Å²) in [5.74, 6) is 0. The van der Waals surface area contributed by atoms with E-state index in [1.807, 2.05) is 0 Å². The van der Waals surface area contributed by atoms with Crippen LogP contribution in [0.1, 0.15) is 5.69 Å². The fourth-order valence-corrected chi connectivity index (χ4v) is 1.52. The van der Waals surface area contributed by atoms with Crippen molar-refractivity contribution in [3.05, 3.63) is 11.8 Å². The van der Waals surface area contributed by atoms with E-state index in [0.717, 1.165) is 4.68 Å². The first-order valence-electron chi connectivity index (χ1n) is 2.89. The van der Waals surface area contributed by atoms with Gasteiger partial charge >= 0.3 is 10.1 Å². The molecule has 0 amide bonds. The molecule has 0 saturated carbocycles. The fourth-order valence-electron chi connectivity index (χ4n) is 0.828. The van der Waals surface area contributed by atoms with E-state index in [1.165, 1.54) is 13.1 Å². The van der Waals surface area contributed by atoms with Gasteiger partial charge < -0.3 is 0 Å². The van der Waals surface area contributed by atoms with Gasteiger partial charge in [0.25, 0.3) is 0 Å². The minimum atomic E-state index is -4.11. The number of aromatic nitrogens is 2. The quantitative estimate of drug-likeness (QED) is 0.610. The van der Waals surface area contributed by atoms with Crippen molar-refractivity contribution < 1.29 is 13.0 Å². The Morgan fingerprint density at radius 1 is 1.64 bits per heavy atom. The third-order valence-corrected chi connectivity index (χ3v) is 2.13. The van der Waals surface area contributed by atoms with Crippen molar-refractivity contribution in [2.45, 2.75) is 11.9 Å². The lowest BCUT2D eigenvalue weighted by Gasteiger charge is -1.94. The summed E-state index contributed by atoms with van der Waals surface area (Å²) in [7, 11) is -2.66. The van der Waals surface area contributed by atoms with Crippen molar-refractivity contribution >= 4 is 10.1 Å². The van der Waals surface area contributed by atoms with Crippen LogP contribution < -0.4 is 0 Å². The number of hydrogen-bond acceptors (Lipinski definition) is 3. The van der Waals surface area contributed by atoms with E-state index in [1.54, 1.807) is 6.92 Å². The Bertz CT molecular complexity index is 365. The van der Waals surface area contributed by atoms with Gasteiger partial charge in [0.2, 0.25) is 0 Å². The molecule has 1 aromatic rings. The lowest BCUT2D eigenvalue weighted by molar-refractivity contribution is 0.470. The van der Waals surface area contributed by atoms with Crippen LogP contribution >= 0.6 is 0 Å². The van der Waals surface area contributed by atoms with Gasteiger partial charge in [-0.1, -0.05) is 0 Å². The average Bonchev–Trinajstić information content (AvgIpc) is 2.08. The average molecular weight is 176 g/mol. The number of rotatable bonds is 1. The van der Waals surface area contributed by atoms with Crippen molar-refractivity contribution in [2.24, 2.45) is 7.05 Å². The molecule has 1 aromatic heterocycles. The van der Waals surface area contributed by atoms with E-state index in [4.69, 9.17) is 4.55 Å². The van der Waals surface area contributed by atoms with Gasteiger partial charge in [0.1, 0.15) is 0 Å². The van der Waals surface area contributed by atoms with Crippen LogP contribution in [0.25, 0.3) is 0 Å². The van der Waals surface area contributed by atoms with Crippen LogP contribution in [0.3, 0.4) is 0 Å². The standard InChI is InChI=1S/C5H8N2O3S/c1-4-3-5(7(2)6-4)11(8,9)10/h3H,1-2H3,(H,8,9,10). The molecular weight excluding hydrogens is 168 g/mol. The highest BCUT2D eigenvalue weighted by Gasteiger charge is 2.14. The second-order valence-electron chi connectivity index (χ2n) is 2.22. The second kappa shape index (κ2) is 2.31. The minimum Gasteiger partial charge on any atom is -0.281 e. The van der Waals surface area contributed by atoms with Gasteiger partial charge in [-0.05, 0) is 6.92 Å². The minimum absolute atomic E-state index is 0.185. The summed E-state index contributed by atoms with van der Waals surface area (Å²) in [6.45, 7) is 1.65. The molecule has 11 heavy (non-hydrogen) atoms. The first kappa shape index (κ1) is 8.22. The zero-order valence-corrected chi connectivity index (χ0v) is 6.96. The summed E-state index contributed by atoms with van der Waals surface area (Å²) in [6, 6.07) is 1.30. The van der Waals surface area contributed by atoms with E-state index in [0.29, 0.717) is 5.69 Å². The molecule has 0 saturated heterocycles. The normalized spacial score (nSPS) is 11.9. The van der Waals surface area contributed by atoms with Gasteiger partial charge in [0.15, 0.2) is 5.03 Å². The molecule has 0 aliphatic rings. The molecular formula is C5H8N2O3S. The molecule has 62 valence electrons. The zero-order chi connectivity index (χ0) is 8.65. The maximum Gasteiger partial charge on any atom is 0.311 e. The van der Waals surface area contributed by atoms with Crippen molar-refractivity contribution in [2.75, 3.05) is 0 Å². The van der Waals surface area contributed by atoms with Gasteiger partial charge in [-0.3, -0.25) is 9.23 Å². The molecule has 0 aromatic carbocycles. The third kappa shape index (κ3) is 1.58. The number of nitrogens with zero attached hydrogens (tertiary/aromatic N) is 2. The molecule has 1 heterocycles. The van der Waals surface area contributed by atoms with Crippen LogP contribution in [-0.4, -0.2) is 22.8 Å². The van der Waals surface area contributed by atoms with Crippen molar-refractivity contribution in [1.29, 1.82) is 0 Å². The summed E-state index contributed by atoms with van der Waals surface area (Å²) in [5, 5.41) is 3.57. The van der Waals surface area contributed by atoms with E-state index in [-0.39, 0.29) is 5.03 Å². The summed E-state index contributed by atoms with van der Waals surface area (Å²) < 4.78 is 30.8. The number of hydrogen-bond donors (Lipinski definition) is 1. The van der Waals surface area contributed by atoms with E-state index in [2.05, 4.69) is 5.10 Å². The molecule has 1 rings (SSSR count). The Labute approximate surface area is 64.4 Å². The topological polar surface area (TPSA) is 72.2 Å².